The van der Waals surface area contributed by atoms with Gasteiger partial charge in [0, 0.05) is 40.8 Å². The molecule has 2 N–H and O–H groups in total. The van der Waals surface area contributed by atoms with Crippen LogP contribution in [-0.2, 0) is 16.1 Å². The van der Waals surface area contributed by atoms with Gasteiger partial charge in [-0.2, -0.15) is 0 Å². The fraction of sp³-hybridized carbons (Fsp3) is 0.424. The molecule has 2 aromatic carbocycles. The van der Waals surface area contributed by atoms with E-state index in [-0.39, 0.29) is 24.0 Å². The smallest absolute Gasteiger partial charge is 0.407 e. The lowest BCUT2D eigenvalue weighted by atomic mass is 9.92. The van der Waals surface area contributed by atoms with Crippen LogP contribution in [0.2, 0.25) is 0 Å². The Hall–Kier alpha value is -3.43. The zero-order chi connectivity index (χ0) is 30.3. The number of carbonyl (C=O) groups is 2. The summed E-state index contributed by atoms with van der Waals surface area (Å²) in [5.41, 5.74) is 2.37. The van der Waals surface area contributed by atoms with Gasteiger partial charge < -0.3 is 20.1 Å². The van der Waals surface area contributed by atoms with Gasteiger partial charge in [0.2, 0.25) is 5.91 Å². The molecule has 1 aromatic heterocycles. The van der Waals surface area contributed by atoms with Crippen molar-refractivity contribution < 1.29 is 19.1 Å². The molecule has 1 aliphatic heterocycles. The Balaban J connectivity index is 1.35. The van der Waals surface area contributed by atoms with E-state index in [2.05, 4.69) is 49.4 Å². The summed E-state index contributed by atoms with van der Waals surface area (Å²) >= 11 is 3.53. The molecule has 0 saturated carbocycles. The van der Waals surface area contributed by atoms with Crippen LogP contribution in [0.3, 0.4) is 0 Å². The van der Waals surface area contributed by atoms with Gasteiger partial charge in [0.25, 0.3) is 0 Å². The van der Waals surface area contributed by atoms with Gasteiger partial charge in [0.05, 0.1) is 11.6 Å². The van der Waals surface area contributed by atoms with Crippen LogP contribution in [0.25, 0.3) is 17.0 Å². The summed E-state index contributed by atoms with van der Waals surface area (Å²) in [4.78, 5) is 32.1. The summed E-state index contributed by atoms with van der Waals surface area (Å²) in [5, 5.41) is 7.04. The van der Waals surface area contributed by atoms with Gasteiger partial charge in [0.15, 0.2) is 0 Å². The van der Waals surface area contributed by atoms with Gasteiger partial charge in [-0.25, -0.2) is 4.79 Å². The summed E-state index contributed by atoms with van der Waals surface area (Å²) in [6.45, 7) is 8.56. The van der Waals surface area contributed by atoms with E-state index >= 15 is 0 Å². The molecule has 1 saturated heterocycles. The topological polar surface area (TPSA) is 92.8 Å². The molecule has 0 spiro atoms. The molecular formula is C33H41BrN4O4. The number of amides is 2. The van der Waals surface area contributed by atoms with E-state index in [1.54, 1.807) is 6.20 Å². The Morgan fingerprint density at radius 1 is 1.14 bits per heavy atom. The number of pyridine rings is 1. The molecular weight excluding hydrogens is 596 g/mol. The average Bonchev–Trinajstić information content (AvgIpc) is 2.93. The first-order valence-electron chi connectivity index (χ1n) is 14.4. The minimum Gasteiger partial charge on any atom is -0.489 e. The van der Waals surface area contributed by atoms with Crippen LogP contribution < -0.4 is 15.4 Å². The molecule has 3 aromatic rings. The van der Waals surface area contributed by atoms with Crippen molar-refractivity contribution in [3.8, 4) is 5.75 Å². The molecule has 0 radical (unpaired) electrons. The Morgan fingerprint density at radius 2 is 1.90 bits per heavy atom. The van der Waals surface area contributed by atoms with Crippen molar-refractivity contribution in [3.05, 3.63) is 76.4 Å². The fourth-order valence-electron chi connectivity index (χ4n) is 5.07. The number of alkyl carbamates (subject to hydrolysis) is 1. The molecule has 0 aliphatic carbocycles. The van der Waals surface area contributed by atoms with Crippen molar-refractivity contribution in [2.24, 2.45) is 0 Å². The summed E-state index contributed by atoms with van der Waals surface area (Å²) in [7, 11) is 1.96. The highest BCUT2D eigenvalue weighted by atomic mass is 79.9. The molecule has 1 aliphatic rings. The monoisotopic (exact) mass is 636 g/mol. The van der Waals surface area contributed by atoms with E-state index in [1.165, 1.54) is 0 Å². The second-order valence-corrected chi connectivity index (χ2v) is 12.7. The molecule has 2 heterocycles. The van der Waals surface area contributed by atoms with Crippen LogP contribution in [0.1, 0.15) is 58.1 Å². The molecule has 1 fully saturated rings. The quantitative estimate of drug-likeness (QED) is 0.262. The number of nitrogens with zero attached hydrogens (tertiary/aromatic N) is 2. The minimum atomic E-state index is -0.568. The number of ether oxygens (including phenoxy) is 2. The zero-order valence-electron chi connectivity index (χ0n) is 25.0. The van der Waals surface area contributed by atoms with E-state index in [4.69, 9.17) is 9.47 Å². The van der Waals surface area contributed by atoms with Crippen LogP contribution in [0, 0.1) is 0 Å². The van der Waals surface area contributed by atoms with Crippen LogP contribution in [0.5, 0.6) is 5.75 Å². The second kappa shape index (κ2) is 14.2. The van der Waals surface area contributed by atoms with E-state index < -0.39 is 11.7 Å². The first-order valence-corrected chi connectivity index (χ1v) is 15.2. The third kappa shape index (κ3) is 9.03. The SMILES string of the molecule is C[C@H]1C[C@H](NC(=O)OC(C)(C)C)C[C@@H](C(=O)NCC/C=C/c2cc(OCc3ccccc3)cc3ncc(Br)cc23)N1C. The number of nitrogens with one attached hydrogen (secondary N) is 2. The van der Waals surface area contributed by atoms with Crippen LogP contribution in [0.15, 0.2) is 65.3 Å². The van der Waals surface area contributed by atoms with Gasteiger partial charge >= 0.3 is 6.09 Å². The largest absolute Gasteiger partial charge is 0.489 e. The molecule has 9 heteroatoms. The van der Waals surface area contributed by atoms with Gasteiger partial charge in [-0.15, -0.1) is 0 Å². The lowest BCUT2D eigenvalue weighted by molar-refractivity contribution is -0.128. The second-order valence-electron chi connectivity index (χ2n) is 11.8. The number of hydrogen-bond acceptors (Lipinski definition) is 6. The van der Waals surface area contributed by atoms with Crippen molar-refractivity contribution in [2.45, 2.75) is 77.3 Å². The number of hydrogen-bond donors (Lipinski definition) is 2. The van der Waals surface area contributed by atoms with Crippen LogP contribution in [0.4, 0.5) is 4.79 Å². The molecule has 2 amide bonds. The summed E-state index contributed by atoms with van der Waals surface area (Å²) in [6.07, 6.45) is 7.39. The Morgan fingerprint density at radius 3 is 2.64 bits per heavy atom. The Labute approximate surface area is 257 Å². The third-order valence-corrected chi connectivity index (χ3v) is 7.71. The Bertz CT molecular complexity index is 1410. The normalized spacial score (nSPS) is 19.5. The minimum absolute atomic E-state index is 0.0386. The molecule has 42 heavy (non-hydrogen) atoms. The molecule has 224 valence electrons. The molecule has 0 unspecified atom stereocenters. The highest BCUT2D eigenvalue weighted by molar-refractivity contribution is 9.10. The number of likely N-dealkylation sites (N-methyl/N-ethyl adjacent to an activating group) is 1. The number of likely N-dealkylation sites (tertiary alicyclic amines) is 1. The Kier molecular flexibility index (Phi) is 10.6. The maximum Gasteiger partial charge on any atom is 0.407 e. The van der Waals surface area contributed by atoms with Gasteiger partial charge in [-0.1, -0.05) is 42.5 Å². The highest BCUT2D eigenvalue weighted by Crippen LogP contribution is 2.28. The van der Waals surface area contributed by atoms with E-state index in [0.717, 1.165) is 38.7 Å². The molecule has 0 bridgehead atoms. The number of aromatic nitrogens is 1. The summed E-state index contributed by atoms with van der Waals surface area (Å²) in [5.74, 6) is 0.710. The lowest BCUT2D eigenvalue weighted by Crippen LogP contribution is -2.57. The predicted molar refractivity (Wildman–Crippen MR) is 170 cm³/mol. The van der Waals surface area contributed by atoms with Crippen molar-refractivity contribution in [2.75, 3.05) is 13.6 Å². The van der Waals surface area contributed by atoms with Crippen LogP contribution in [-0.4, -0.2) is 59.2 Å². The van der Waals surface area contributed by atoms with Crippen molar-refractivity contribution in [1.82, 2.24) is 20.5 Å². The third-order valence-electron chi connectivity index (χ3n) is 7.27. The predicted octanol–water partition coefficient (Wildman–Crippen LogP) is 6.47. The summed E-state index contributed by atoms with van der Waals surface area (Å²) < 4.78 is 12.4. The fourth-order valence-corrected chi connectivity index (χ4v) is 5.41. The maximum atomic E-state index is 13.1. The van der Waals surface area contributed by atoms with Crippen molar-refractivity contribution in [3.63, 3.8) is 0 Å². The number of fused-ring (bicyclic) bond motifs is 1. The lowest BCUT2D eigenvalue weighted by Gasteiger charge is -2.41. The standard InChI is InChI=1S/C33H41BrN4O4/c1-22-15-26(37-32(40)42-33(2,3)4)18-30(38(22)5)31(39)35-14-10-9-13-24-16-27(41-21-23-11-7-6-8-12-23)19-29-28(24)17-25(34)20-36-29/h6-9,11-13,16-17,19-20,22,26,30H,10,14-15,18,21H2,1-5H3,(H,35,39)(H,37,40)/b13-9+/t22-,26-,30-/m0/s1. The number of rotatable bonds is 9. The number of piperidine rings is 1. The van der Waals surface area contributed by atoms with Crippen LogP contribution >= 0.6 is 15.9 Å². The van der Waals surface area contributed by atoms with Gasteiger partial charge in [-0.3, -0.25) is 14.7 Å². The highest BCUT2D eigenvalue weighted by Gasteiger charge is 2.36. The summed E-state index contributed by atoms with van der Waals surface area (Å²) in [6, 6.07) is 15.8. The van der Waals surface area contributed by atoms with Gasteiger partial charge in [-0.05, 0) is 93.2 Å². The van der Waals surface area contributed by atoms with Crippen molar-refractivity contribution in [1.29, 1.82) is 0 Å². The number of carbonyl (C=O) groups excluding carboxylic acids is 2. The van der Waals surface area contributed by atoms with E-state index in [1.807, 2.05) is 82.4 Å². The molecule has 8 nitrogen and oxygen atoms in total. The van der Waals surface area contributed by atoms with Gasteiger partial charge in [0.1, 0.15) is 18.0 Å². The van der Waals surface area contributed by atoms with E-state index in [9.17, 15) is 9.59 Å². The molecule has 4 rings (SSSR count). The number of benzene rings is 2. The zero-order valence-corrected chi connectivity index (χ0v) is 26.6. The van der Waals surface area contributed by atoms with Crippen molar-refractivity contribution >= 4 is 44.9 Å². The van der Waals surface area contributed by atoms with E-state index in [0.29, 0.717) is 26.0 Å². The molecule has 3 atom stereocenters. The maximum absolute atomic E-state index is 13.1. The first-order chi connectivity index (χ1) is 20.0. The first kappa shape index (κ1) is 31.5. The number of halogens is 1. The average molecular weight is 638 g/mol.